The molecular formula is C14H19N3O. The second kappa shape index (κ2) is 5.78. The highest BCUT2D eigenvalue weighted by atomic mass is 16.1. The van der Waals surface area contributed by atoms with Gasteiger partial charge in [0.1, 0.15) is 0 Å². The number of piperidine rings is 1. The third-order valence-electron chi connectivity index (χ3n) is 3.32. The molecule has 0 spiro atoms. The summed E-state index contributed by atoms with van der Waals surface area (Å²) in [5.41, 5.74) is 7.87. The topological polar surface area (TPSA) is 58.7 Å². The maximum Gasteiger partial charge on any atom is 0.248 e. The van der Waals surface area contributed by atoms with Gasteiger partial charge in [0.2, 0.25) is 5.91 Å². The summed E-state index contributed by atoms with van der Waals surface area (Å²) in [6.07, 6.45) is 2.07. The number of hydrogen-bond acceptors (Lipinski definition) is 3. The van der Waals surface area contributed by atoms with E-state index in [4.69, 9.17) is 5.73 Å². The second-order valence-electron chi connectivity index (χ2n) is 4.52. The van der Waals surface area contributed by atoms with Gasteiger partial charge >= 0.3 is 0 Å². The van der Waals surface area contributed by atoms with Crippen molar-refractivity contribution >= 4 is 17.3 Å². The molecule has 4 heteroatoms. The maximum absolute atomic E-state index is 11.0. The molecule has 1 aliphatic rings. The van der Waals surface area contributed by atoms with Crippen LogP contribution in [0.15, 0.2) is 29.3 Å². The number of amides is 1. The van der Waals surface area contributed by atoms with Crippen molar-refractivity contribution in [3.8, 4) is 0 Å². The lowest BCUT2D eigenvalue weighted by Gasteiger charge is -2.26. The van der Waals surface area contributed by atoms with Crippen molar-refractivity contribution < 1.29 is 4.79 Å². The van der Waals surface area contributed by atoms with Crippen molar-refractivity contribution in [1.82, 2.24) is 4.90 Å². The van der Waals surface area contributed by atoms with Crippen LogP contribution in [0.1, 0.15) is 30.1 Å². The monoisotopic (exact) mass is 245 g/mol. The van der Waals surface area contributed by atoms with E-state index in [2.05, 4.69) is 16.8 Å². The Kier molecular flexibility index (Phi) is 4.10. The molecule has 1 aromatic rings. The van der Waals surface area contributed by atoms with Crippen molar-refractivity contribution in [3.63, 3.8) is 0 Å². The third-order valence-corrected chi connectivity index (χ3v) is 3.32. The van der Waals surface area contributed by atoms with Gasteiger partial charge in [-0.05, 0) is 43.7 Å². The summed E-state index contributed by atoms with van der Waals surface area (Å²) in [6.45, 7) is 5.48. The minimum absolute atomic E-state index is 0.398. The number of benzene rings is 1. The number of likely N-dealkylation sites (tertiary alicyclic amines) is 1. The molecule has 0 atom stereocenters. The second-order valence-corrected chi connectivity index (χ2v) is 4.52. The van der Waals surface area contributed by atoms with E-state index in [-0.39, 0.29) is 0 Å². The predicted octanol–water partition coefficient (Wildman–Crippen LogP) is 1.97. The molecule has 0 radical (unpaired) electrons. The van der Waals surface area contributed by atoms with E-state index >= 15 is 0 Å². The van der Waals surface area contributed by atoms with E-state index in [0.717, 1.165) is 38.2 Å². The SMILES string of the molecule is CCN1CCC(=Nc2ccc(C(N)=O)cc2)CC1. The number of nitrogens with two attached hydrogens (primary N) is 1. The summed E-state index contributed by atoms with van der Waals surface area (Å²) in [5, 5.41) is 0. The van der Waals surface area contributed by atoms with Gasteiger partial charge in [-0.1, -0.05) is 6.92 Å². The molecule has 18 heavy (non-hydrogen) atoms. The molecule has 0 bridgehead atoms. The Balaban J connectivity index is 2.02. The molecule has 96 valence electrons. The van der Waals surface area contributed by atoms with Crippen molar-refractivity contribution in [2.75, 3.05) is 19.6 Å². The first kappa shape index (κ1) is 12.8. The highest BCUT2D eigenvalue weighted by Crippen LogP contribution is 2.16. The molecule has 1 saturated heterocycles. The number of primary amides is 1. The zero-order chi connectivity index (χ0) is 13.0. The van der Waals surface area contributed by atoms with Crippen LogP contribution in [-0.2, 0) is 0 Å². The molecule has 0 saturated carbocycles. The van der Waals surface area contributed by atoms with Gasteiger partial charge < -0.3 is 10.6 Å². The standard InChI is InChI=1S/C14H19N3O/c1-2-17-9-7-13(8-10-17)16-12-5-3-11(4-6-12)14(15)18/h3-6H,2,7-10H2,1H3,(H2,15,18). The van der Waals surface area contributed by atoms with Crippen molar-refractivity contribution in [3.05, 3.63) is 29.8 Å². The largest absolute Gasteiger partial charge is 0.366 e. The molecule has 4 nitrogen and oxygen atoms in total. The Morgan fingerprint density at radius 2 is 1.89 bits per heavy atom. The number of nitrogens with zero attached hydrogens (tertiary/aromatic N) is 2. The number of carbonyl (C=O) groups is 1. The summed E-state index contributed by atoms with van der Waals surface area (Å²) >= 11 is 0. The Bertz CT molecular complexity index is 441. The van der Waals surface area contributed by atoms with Crippen LogP contribution in [0.2, 0.25) is 0 Å². The maximum atomic E-state index is 11.0. The molecule has 1 heterocycles. The molecule has 1 aliphatic heterocycles. The first-order valence-corrected chi connectivity index (χ1v) is 6.37. The van der Waals surface area contributed by atoms with E-state index in [1.54, 1.807) is 12.1 Å². The minimum atomic E-state index is -0.398. The molecule has 1 aromatic carbocycles. The molecular weight excluding hydrogens is 226 g/mol. The molecule has 1 amide bonds. The number of aliphatic imine (C=N–C) groups is 1. The first-order chi connectivity index (χ1) is 8.69. The third kappa shape index (κ3) is 3.17. The van der Waals surface area contributed by atoms with Crippen molar-refractivity contribution in [2.45, 2.75) is 19.8 Å². The smallest absolute Gasteiger partial charge is 0.248 e. The van der Waals surface area contributed by atoms with Crippen LogP contribution in [0, 0.1) is 0 Å². The fourth-order valence-corrected chi connectivity index (χ4v) is 2.12. The van der Waals surface area contributed by atoms with E-state index in [1.165, 1.54) is 5.71 Å². The normalized spacial score (nSPS) is 16.6. The van der Waals surface area contributed by atoms with Crippen molar-refractivity contribution in [1.29, 1.82) is 0 Å². The van der Waals surface area contributed by atoms with Crippen LogP contribution in [0.3, 0.4) is 0 Å². The van der Waals surface area contributed by atoms with Gasteiger partial charge in [0.15, 0.2) is 0 Å². The lowest BCUT2D eigenvalue weighted by molar-refractivity contribution is 0.100. The average molecular weight is 245 g/mol. The highest BCUT2D eigenvalue weighted by molar-refractivity contribution is 5.93. The van der Waals surface area contributed by atoms with Crippen molar-refractivity contribution in [2.24, 2.45) is 10.7 Å². The van der Waals surface area contributed by atoms with Crippen LogP contribution in [-0.4, -0.2) is 36.2 Å². The van der Waals surface area contributed by atoms with Gasteiger partial charge in [0, 0.05) is 24.4 Å². The minimum Gasteiger partial charge on any atom is -0.366 e. The highest BCUT2D eigenvalue weighted by Gasteiger charge is 2.12. The van der Waals surface area contributed by atoms with Crippen LogP contribution >= 0.6 is 0 Å². The lowest BCUT2D eigenvalue weighted by Crippen LogP contribution is -2.33. The van der Waals surface area contributed by atoms with Gasteiger partial charge in [-0.25, -0.2) is 0 Å². The summed E-state index contributed by atoms with van der Waals surface area (Å²) in [6, 6.07) is 7.14. The molecule has 1 fully saturated rings. The molecule has 0 aromatic heterocycles. The van der Waals surface area contributed by atoms with E-state index < -0.39 is 5.91 Å². The van der Waals surface area contributed by atoms with E-state index in [1.807, 2.05) is 12.1 Å². The lowest BCUT2D eigenvalue weighted by atomic mass is 10.1. The van der Waals surface area contributed by atoms with Gasteiger partial charge in [0.05, 0.1) is 5.69 Å². The fraction of sp³-hybridized carbons (Fsp3) is 0.429. The van der Waals surface area contributed by atoms with Crippen LogP contribution < -0.4 is 5.73 Å². The predicted molar refractivity (Wildman–Crippen MR) is 73.4 cm³/mol. The zero-order valence-electron chi connectivity index (χ0n) is 10.7. The Morgan fingerprint density at radius 1 is 1.28 bits per heavy atom. The molecule has 0 aliphatic carbocycles. The van der Waals surface area contributed by atoms with Gasteiger partial charge in [-0.2, -0.15) is 0 Å². The summed E-state index contributed by atoms with van der Waals surface area (Å²) in [4.78, 5) is 18.0. The summed E-state index contributed by atoms with van der Waals surface area (Å²) < 4.78 is 0. The number of carbonyl (C=O) groups excluding carboxylic acids is 1. The van der Waals surface area contributed by atoms with Crippen LogP contribution in [0.5, 0.6) is 0 Å². The number of hydrogen-bond donors (Lipinski definition) is 1. The van der Waals surface area contributed by atoms with Crippen LogP contribution in [0.4, 0.5) is 5.69 Å². The summed E-state index contributed by atoms with van der Waals surface area (Å²) in [5.74, 6) is -0.398. The van der Waals surface area contributed by atoms with E-state index in [0.29, 0.717) is 5.56 Å². The van der Waals surface area contributed by atoms with Gasteiger partial charge in [-0.3, -0.25) is 9.79 Å². The Hall–Kier alpha value is -1.68. The number of rotatable bonds is 3. The molecule has 2 rings (SSSR count). The van der Waals surface area contributed by atoms with E-state index in [9.17, 15) is 4.79 Å². The summed E-state index contributed by atoms with van der Waals surface area (Å²) in [7, 11) is 0. The Labute approximate surface area is 108 Å². The van der Waals surface area contributed by atoms with Gasteiger partial charge in [-0.15, -0.1) is 0 Å². The van der Waals surface area contributed by atoms with Crippen LogP contribution in [0.25, 0.3) is 0 Å². The molecule has 2 N–H and O–H groups in total. The zero-order valence-corrected chi connectivity index (χ0v) is 10.7. The Morgan fingerprint density at radius 3 is 2.39 bits per heavy atom. The quantitative estimate of drug-likeness (QED) is 0.885. The first-order valence-electron chi connectivity index (χ1n) is 6.37. The van der Waals surface area contributed by atoms with Gasteiger partial charge in [0.25, 0.3) is 0 Å². The fourth-order valence-electron chi connectivity index (χ4n) is 2.12. The molecule has 0 unspecified atom stereocenters. The average Bonchev–Trinajstić information content (AvgIpc) is 2.40.